The SMILES string of the molecule is Cc1ccc(NC(=O)COC(=O)c2cc(S(N)(=O)=O)ccc2Br)cc1F. The van der Waals surface area contributed by atoms with Gasteiger partial charge in [0, 0.05) is 10.2 Å². The number of ether oxygens (including phenoxy) is 1. The Morgan fingerprint density at radius 2 is 1.92 bits per heavy atom. The first-order chi connectivity index (χ1) is 12.1. The number of halogens is 2. The summed E-state index contributed by atoms with van der Waals surface area (Å²) in [5.41, 5.74) is 0.534. The van der Waals surface area contributed by atoms with Gasteiger partial charge in [-0.05, 0) is 58.7 Å². The summed E-state index contributed by atoms with van der Waals surface area (Å²) < 4.78 is 41.3. The Morgan fingerprint density at radius 1 is 1.23 bits per heavy atom. The second-order valence-corrected chi connectivity index (χ2v) is 7.69. The molecule has 0 unspecified atom stereocenters. The molecule has 0 atom stereocenters. The molecule has 138 valence electrons. The van der Waals surface area contributed by atoms with Gasteiger partial charge < -0.3 is 10.1 Å². The number of aryl methyl sites for hydroxylation is 1. The van der Waals surface area contributed by atoms with E-state index < -0.39 is 34.3 Å². The number of nitrogens with two attached hydrogens (primary N) is 1. The number of amides is 1. The minimum absolute atomic E-state index is 0.106. The summed E-state index contributed by atoms with van der Waals surface area (Å²) >= 11 is 3.09. The maximum absolute atomic E-state index is 13.4. The molecule has 0 saturated carbocycles. The van der Waals surface area contributed by atoms with Crippen molar-refractivity contribution < 1.29 is 27.1 Å². The summed E-state index contributed by atoms with van der Waals surface area (Å²) in [6.45, 7) is 0.941. The van der Waals surface area contributed by atoms with Crippen molar-refractivity contribution in [2.75, 3.05) is 11.9 Å². The van der Waals surface area contributed by atoms with E-state index in [2.05, 4.69) is 21.2 Å². The lowest BCUT2D eigenvalue weighted by Crippen LogP contribution is -2.21. The van der Waals surface area contributed by atoms with Crippen molar-refractivity contribution in [2.45, 2.75) is 11.8 Å². The average molecular weight is 445 g/mol. The number of primary sulfonamides is 1. The fraction of sp³-hybridized carbons (Fsp3) is 0.125. The molecular weight excluding hydrogens is 431 g/mol. The van der Waals surface area contributed by atoms with E-state index in [1.54, 1.807) is 6.92 Å². The molecule has 7 nitrogen and oxygen atoms in total. The minimum atomic E-state index is -4.00. The molecule has 10 heteroatoms. The lowest BCUT2D eigenvalue weighted by atomic mass is 10.2. The minimum Gasteiger partial charge on any atom is -0.452 e. The van der Waals surface area contributed by atoms with Crippen molar-refractivity contribution in [3.63, 3.8) is 0 Å². The fourth-order valence-corrected chi connectivity index (χ4v) is 2.86. The van der Waals surface area contributed by atoms with Gasteiger partial charge in [-0.1, -0.05) is 6.07 Å². The van der Waals surface area contributed by atoms with Crippen molar-refractivity contribution in [3.05, 3.63) is 57.8 Å². The molecule has 26 heavy (non-hydrogen) atoms. The third kappa shape index (κ3) is 5.10. The quantitative estimate of drug-likeness (QED) is 0.686. The maximum atomic E-state index is 13.4. The number of carbonyl (C=O) groups is 2. The molecule has 0 aromatic heterocycles. The van der Waals surface area contributed by atoms with Crippen LogP contribution in [0.5, 0.6) is 0 Å². The van der Waals surface area contributed by atoms with Crippen LogP contribution in [0.1, 0.15) is 15.9 Å². The van der Waals surface area contributed by atoms with E-state index in [0.29, 0.717) is 5.56 Å². The van der Waals surface area contributed by atoms with Crippen molar-refractivity contribution in [3.8, 4) is 0 Å². The summed E-state index contributed by atoms with van der Waals surface area (Å²) in [7, 11) is -4.00. The molecule has 0 radical (unpaired) electrons. The van der Waals surface area contributed by atoms with E-state index >= 15 is 0 Å². The number of esters is 1. The highest BCUT2D eigenvalue weighted by molar-refractivity contribution is 9.10. The number of benzene rings is 2. The molecule has 3 N–H and O–H groups in total. The van der Waals surface area contributed by atoms with Gasteiger partial charge in [0.05, 0.1) is 10.5 Å². The Kier molecular flexibility index (Phi) is 6.11. The Hall–Kier alpha value is -2.30. The number of hydrogen-bond donors (Lipinski definition) is 2. The van der Waals surface area contributed by atoms with Gasteiger partial charge in [-0.15, -0.1) is 0 Å². The predicted molar refractivity (Wildman–Crippen MR) is 95.6 cm³/mol. The largest absolute Gasteiger partial charge is 0.452 e. The first-order valence-electron chi connectivity index (χ1n) is 7.13. The number of nitrogens with one attached hydrogen (secondary N) is 1. The number of sulfonamides is 1. The van der Waals surface area contributed by atoms with E-state index in [0.717, 1.165) is 12.1 Å². The van der Waals surface area contributed by atoms with E-state index in [1.165, 1.54) is 24.3 Å². The van der Waals surface area contributed by atoms with Crippen molar-refractivity contribution >= 4 is 43.5 Å². The van der Waals surface area contributed by atoms with Crippen LogP contribution < -0.4 is 10.5 Å². The molecule has 0 heterocycles. The summed E-state index contributed by atoms with van der Waals surface area (Å²) in [4.78, 5) is 23.6. The monoisotopic (exact) mass is 444 g/mol. The summed E-state index contributed by atoms with van der Waals surface area (Å²) in [5, 5.41) is 7.40. The van der Waals surface area contributed by atoms with Gasteiger partial charge in [-0.2, -0.15) is 0 Å². The highest BCUT2D eigenvalue weighted by Crippen LogP contribution is 2.21. The van der Waals surface area contributed by atoms with E-state index in [-0.39, 0.29) is 20.6 Å². The zero-order valence-electron chi connectivity index (χ0n) is 13.5. The highest BCUT2D eigenvalue weighted by Gasteiger charge is 2.18. The van der Waals surface area contributed by atoms with Crippen LogP contribution in [-0.4, -0.2) is 26.9 Å². The first kappa shape index (κ1) is 20.0. The van der Waals surface area contributed by atoms with Crippen LogP contribution in [0.2, 0.25) is 0 Å². The van der Waals surface area contributed by atoms with Gasteiger partial charge in [0.2, 0.25) is 10.0 Å². The number of carbonyl (C=O) groups excluding carboxylic acids is 2. The van der Waals surface area contributed by atoms with E-state index in [1.807, 2.05) is 0 Å². The fourth-order valence-electron chi connectivity index (χ4n) is 1.91. The predicted octanol–water partition coefficient (Wildman–Crippen LogP) is 2.34. The van der Waals surface area contributed by atoms with Gasteiger partial charge in [0.1, 0.15) is 5.82 Å². The third-order valence-electron chi connectivity index (χ3n) is 3.28. The number of hydrogen-bond acceptors (Lipinski definition) is 5. The second kappa shape index (κ2) is 7.94. The normalized spacial score (nSPS) is 11.1. The van der Waals surface area contributed by atoms with Crippen LogP contribution >= 0.6 is 15.9 Å². The van der Waals surface area contributed by atoms with Gasteiger partial charge >= 0.3 is 5.97 Å². The van der Waals surface area contributed by atoms with Crippen molar-refractivity contribution in [1.82, 2.24) is 0 Å². The zero-order valence-corrected chi connectivity index (χ0v) is 15.9. The Balaban J connectivity index is 2.04. The van der Waals surface area contributed by atoms with E-state index in [9.17, 15) is 22.4 Å². The van der Waals surface area contributed by atoms with Crippen LogP contribution in [0.3, 0.4) is 0 Å². The van der Waals surface area contributed by atoms with Crippen LogP contribution in [0.25, 0.3) is 0 Å². The molecule has 0 saturated heterocycles. The summed E-state index contributed by atoms with van der Waals surface area (Å²) in [5.74, 6) is -2.09. The highest BCUT2D eigenvalue weighted by atomic mass is 79.9. The molecule has 0 aliphatic carbocycles. The van der Waals surface area contributed by atoms with Gasteiger partial charge in [-0.25, -0.2) is 22.7 Å². The van der Waals surface area contributed by atoms with E-state index in [4.69, 9.17) is 9.88 Å². The van der Waals surface area contributed by atoms with Crippen molar-refractivity contribution in [1.29, 1.82) is 0 Å². The Labute approximate surface area is 157 Å². The second-order valence-electron chi connectivity index (χ2n) is 5.27. The topological polar surface area (TPSA) is 116 Å². The molecule has 0 spiro atoms. The van der Waals surface area contributed by atoms with Gasteiger partial charge in [0.15, 0.2) is 6.61 Å². The Morgan fingerprint density at radius 3 is 2.54 bits per heavy atom. The molecule has 0 aliphatic heterocycles. The smallest absolute Gasteiger partial charge is 0.339 e. The average Bonchev–Trinajstić information content (AvgIpc) is 2.55. The van der Waals surface area contributed by atoms with Crippen LogP contribution in [-0.2, 0) is 19.6 Å². The molecule has 1 amide bonds. The standard InChI is InChI=1S/C16H14BrFN2O5S/c1-9-2-3-10(6-14(9)18)20-15(21)8-25-16(22)12-7-11(26(19,23)24)4-5-13(12)17/h2-7H,8H2,1H3,(H,20,21)(H2,19,23,24). The first-order valence-corrected chi connectivity index (χ1v) is 9.47. The summed E-state index contributed by atoms with van der Waals surface area (Å²) in [6, 6.07) is 7.72. The van der Waals surface area contributed by atoms with Crippen LogP contribution in [0.15, 0.2) is 45.8 Å². The number of anilines is 1. The third-order valence-corrected chi connectivity index (χ3v) is 4.88. The van der Waals surface area contributed by atoms with Crippen LogP contribution in [0.4, 0.5) is 10.1 Å². The maximum Gasteiger partial charge on any atom is 0.339 e. The Bertz CT molecular complexity index is 979. The van der Waals surface area contributed by atoms with Gasteiger partial charge in [0.25, 0.3) is 5.91 Å². The van der Waals surface area contributed by atoms with Gasteiger partial charge in [-0.3, -0.25) is 4.79 Å². The van der Waals surface area contributed by atoms with Crippen molar-refractivity contribution in [2.24, 2.45) is 5.14 Å². The number of rotatable bonds is 5. The molecule has 0 aliphatic rings. The lowest BCUT2D eigenvalue weighted by molar-refractivity contribution is -0.119. The zero-order chi connectivity index (χ0) is 19.5. The molecule has 0 fully saturated rings. The van der Waals surface area contributed by atoms with Crippen LogP contribution in [0, 0.1) is 12.7 Å². The molecule has 0 bridgehead atoms. The molecule has 2 rings (SSSR count). The molecule has 2 aromatic carbocycles. The summed E-state index contributed by atoms with van der Waals surface area (Å²) in [6.07, 6.45) is 0. The molecule has 2 aromatic rings. The molecular formula is C16H14BrFN2O5S. The lowest BCUT2D eigenvalue weighted by Gasteiger charge is -2.09.